The van der Waals surface area contributed by atoms with Crippen LogP contribution in [0.5, 0.6) is 0 Å². The fourth-order valence-electron chi connectivity index (χ4n) is 2.06. The van der Waals surface area contributed by atoms with Gasteiger partial charge in [0.15, 0.2) is 0 Å². The number of hydrogen-bond acceptors (Lipinski definition) is 5. The zero-order valence-corrected chi connectivity index (χ0v) is 14.3. The number of nitrogens with one attached hydrogen (secondary N) is 1. The van der Waals surface area contributed by atoms with Gasteiger partial charge in [0.25, 0.3) is 0 Å². The molecule has 0 saturated carbocycles. The predicted octanol–water partition coefficient (Wildman–Crippen LogP) is 3.29. The number of anilines is 1. The van der Waals surface area contributed by atoms with Crippen molar-refractivity contribution in [3.8, 4) is 0 Å². The molecular weight excluding hydrogens is 280 g/mol. The minimum absolute atomic E-state index is 0.487. The summed E-state index contributed by atoms with van der Waals surface area (Å²) in [4.78, 5) is 12.5. The molecular formula is C16H24N4S. The molecule has 0 fully saturated rings. The highest BCUT2D eigenvalue weighted by Gasteiger charge is 2.09. The number of aromatic nitrogens is 2. The normalized spacial score (nSPS) is 11.1. The Kier molecular flexibility index (Phi) is 5.31. The summed E-state index contributed by atoms with van der Waals surface area (Å²) in [6.07, 6.45) is 0. The highest BCUT2D eigenvalue weighted by Crippen LogP contribution is 2.19. The molecule has 0 aliphatic rings. The van der Waals surface area contributed by atoms with E-state index in [0.29, 0.717) is 6.04 Å². The van der Waals surface area contributed by atoms with Crippen LogP contribution in [0.15, 0.2) is 17.6 Å². The van der Waals surface area contributed by atoms with Gasteiger partial charge >= 0.3 is 0 Å². The third-order valence-electron chi connectivity index (χ3n) is 3.50. The van der Waals surface area contributed by atoms with Crippen LogP contribution in [0.1, 0.15) is 35.7 Å². The molecule has 0 aliphatic heterocycles. The highest BCUT2D eigenvalue weighted by molar-refractivity contribution is 7.09. The van der Waals surface area contributed by atoms with Gasteiger partial charge in [-0.05, 0) is 25.5 Å². The van der Waals surface area contributed by atoms with E-state index in [4.69, 9.17) is 4.98 Å². The maximum Gasteiger partial charge on any atom is 0.128 e. The molecule has 0 bridgehead atoms. The van der Waals surface area contributed by atoms with E-state index in [-0.39, 0.29) is 0 Å². The second-order valence-corrected chi connectivity index (χ2v) is 6.61. The second-order valence-electron chi connectivity index (χ2n) is 5.67. The molecule has 2 rings (SSSR count). The first-order valence-electron chi connectivity index (χ1n) is 7.27. The minimum Gasteiger partial charge on any atom is -0.354 e. The highest BCUT2D eigenvalue weighted by atomic mass is 32.1. The quantitative estimate of drug-likeness (QED) is 0.889. The topological polar surface area (TPSA) is 41.1 Å². The second kappa shape index (κ2) is 7.00. The van der Waals surface area contributed by atoms with Gasteiger partial charge in [0.1, 0.15) is 5.82 Å². The number of thiazole rings is 1. The molecule has 4 nitrogen and oxygen atoms in total. The van der Waals surface area contributed by atoms with Crippen LogP contribution in [0.4, 0.5) is 5.82 Å². The Morgan fingerprint density at radius 2 is 2.00 bits per heavy atom. The van der Waals surface area contributed by atoms with Crippen LogP contribution >= 0.6 is 11.3 Å². The maximum absolute atomic E-state index is 4.73. The van der Waals surface area contributed by atoms with Crippen LogP contribution in [-0.4, -0.2) is 23.1 Å². The molecule has 0 unspecified atom stereocenters. The van der Waals surface area contributed by atoms with Gasteiger partial charge in [-0.2, -0.15) is 0 Å². The summed E-state index contributed by atoms with van der Waals surface area (Å²) in [7, 11) is 2.08. The number of aryl methyl sites for hydroxylation is 2. The summed E-state index contributed by atoms with van der Waals surface area (Å²) in [5, 5.41) is 3.43. The SMILES string of the molecule is Cc1nc(N(C)Cc2scnc2C)ccc1CNC(C)C. The summed E-state index contributed by atoms with van der Waals surface area (Å²) in [5.41, 5.74) is 5.36. The lowest BCUT2D eigenvalue weighted by Gasteiger charge is -2.19. The van der Waals surface area contributed by atoms with Crippen LogP contribution in [0.3, 0.4) is 0 Å². The van der Waals surface area contributed by atoms with Crippen LogP contribution in [0.25, 0.3) is 0 Å². The van der Waals surface area contributed by atoms with Crippen LogP contribution in [0.2, 0.25) is 0 Å². The zero-order valence-electron chi connectivity index (χ0n) is 13.5. The summed E-state index contributed by atoms with van der Waals surface area (Å²) < 4.78 is 0. The molecule has 0 atom stereocenters. The van der Waals surface area contributed by atoms with Gasteiger partial charge in [-0.15, -0.1) is 11.3 Å². The Bertz CT molecular complexity index is 592. The van der Waals surface area contributed by atoms with E-state index >= 15 is 0 Å². The Balaban J connectivity index is 2.06. The molecule has 0 aromatic carbocycles. The molecule has 2 heterocycles. The Labute approximate surface area is 131 Å². The van der Waals surface area contributed by atoms with E-state index < -0.39 is 0 Å². The average molecular weight is 304 g/mol. The van der Waals surface area contributed by atoms with Crippen molar-refractivity contribution in [1.82, 2.24) is 15.3 Å². The Morgan fingerprint density at radius 3 is 2.57 bits per heavy atom. The lowest BCUT2D eigenvalue weighted by Crippen LogP contribution is -2.23. The van der Waals surface area contributed by atoms with Crippen LogP contribution in [-0.2, 0) is 13.1 Å². The van der Waals surface area contributed by atoms with Gasteiger partial charge in [0, 0.05) is 30.2 Å². The molecule has 5 heteroatoms. The fraction of sp³-hybridized carbons (Fsp3) is 0.500. The summed E-state index contributed by atoms with van der Waals surface area (Å²) in [5.74, 6) is 1.01. The zero-order chi connectivity index (χ0) is 15.4. The fourth-order valence-corrected chi connectivity index (χ4v) is 2.89. The number of pyridine rings is 1. The van der Waals surface area contributed by atoms with Crippen LogP contribution < -0.4 is 10.2 Å². The number of hydrogen-bond donors (Lipinski definition) is 1. The number of nitrogens with zero attached hydrogens (tertiary/aromatic N) is 3. The van der Waals surface area contributed by atoms with Crippen molar-refractivity contribution in [2.24, 2.45) is 0 Å². The van der Waals surface area contributed by atoms with Gasteiger partial charge in [-0.3, -0.25) is 0 Å². The van der Waals surface area contributed by atoms with Gasteiger partial charge in [0.2, 0.25) is 0 Å². The van der Waals surface area contributed by atoms with Crippen molar-refractivity contribution in [3.05, 3.63) is 39.5 Å². The smallest absolute Gasteiger partial charge is 0.128 e. The third kappa shape index (κ3) is 4.25. The molecule has 114 valence electrons. The minimum atomic E-state index is 0.487. The van der Waals surface area contributed by atoms with Gasteiger partial charge < -0.3 is 10.2 Å². The van der Waals surface area contributed by atoms with Gasteiger partial charge in [0.05, 0.1) is 17.7 Å². The van der Waals surface area contributed by atoms with Gasteiger partial charge in [-0.25, -0.2) is 9.97 Å². The molecule has 0 amide bonds. The maximum atomic E-state index is 4.73. The van der Waals surface area contributed by atoms with Crippen molar-refractivity contribution < 1.29 is 0 Å². The molecule has 1 N–H and O–H groups in total. The Morgan fingerprint density at radius 1 is 1.24 bits per heavy atom. The van der Waals surface area contributed by atoms with E-state index in [1.54, 1.807) is 11.3 Å². The van der Waals surface area contributed by atoms with E-state index in [0.717, 1.165) is 30.3 Å². The molecule has 2 aromatic rings. The monoisotopic (exact) mass is 304 g/mol. The third-order valence-corrected chi connectivity index (χ3v) is 4.42. The largest absolute Gasteiger partial charge is 0.354 e. The molecule has 0 aliphatic carbocycles. The molecule has 21 heavy (non-hydrogen) atoms. The first-order valence-corrected chi connectivity index (χ1v) is 8.15. The summed E-state index contributed by atoms with van der Waals surface area (Å²) in [6.45, 7) is 10.2. The van der Waals surface area contributed by atoms with Crippen LogP contribution in [0, 0.1) is 13.8 Å². The molecule has 2 aromatic heterocycles. The Hall–Kier alpha value is -1.46. The lowest BCUT2D eigenvalue weighted by atomic mass is 10.2. The van der Waals surface area contributed by atoms with Crippen molar-refractivity contribution >= 4 is 17.2 Å². The van der Waals surface area contributed by atoms with E-state index in [2.05, 4.69) is 62.1 Å². The standard InChI is InChI=1S/C16H24N4S/c1-11(2)17-8-14-6-7-16(19-12(14)3)20(5)9-15-13(4)18-10-21-15/h6-7,10-11,17H,8-9H2,1-5H3. The van der Waals surface area contributed by atoms with E-state index in [1.807, 2.05) is 5.51 Å². The van der Waals surface area contributed by atoms with Crippen molar-refractivity contribution in [2.75, 3.05) is 11.9 Å². The number of rotatable bonds is 6. The van der Waals surface area contributed by atoms with Crippen molar-refractivity contribution in [2.45, 2.75) is 46.8 Å². The van der Waals surface area contributed by atoms with Crippen molar-refractivity contribution in [3.63, 3.8) is 0 Å². The predicted molar refractivity (Wildman–Crippen MR) is 89.9 cm³/mol. The summed E-state index contributed by atoms with van der Waals surface area (Å²) in [6, 6.07) is 4.75. The molecule has 0 radical (unpaired) electrons. The summed E-state index contributed by atoms with van der Waals surface area (Å²) >= 11 is 1.70. The first-order chi connectivity index (χ1) is 9.97. The van der Waals surface area contributed by atoms with E-state index in [1.165, 1.54) is 10.4 Å². The first kappa shape index (κ1) is 15.9. The van der Waals surface area contributed by atoms with Crippen molar-refractivity contribution in [1.29, 1.82) is 0 Å². The van der Waals surface area contributed by atoms with Gasteiger partial charge in [-0.1, -0.05) is 19.9 Å². The lowest BCUT2D eigenvalue weighted by molar-refractivity contribution is 0.586. The molecule has 0 saturated heterocycles. The molecule has 0 spiro atoms. The average Bonchev–Trinajstić information content (AvgIpc) is 2.82. The van der Waals surface area contributed by atoms with E-state index in [9.17, 15) is 0 Å².